The van der Waals surface area contributed by atoms with Gasteiger partial charge in [-0.15, -0.1) is 0 Å². The monoisotopic (exact) mass is 299 g/mol. The van der Waals surface area contributed by atoms with E-state index in [0.29, 0.717) is 6.04 Å². The maximum Gasteiger partial charge on any atom is 0.0438 e. The molecule has 3 rings (SSSR count). The maximum absolute atomic E-state index is 6.26. The highest BCUT2D eigenvalue weighted by Gasteiger charge is 2.50. The summed E-state index contributed by atoms with van der Waals surface area (Å²) in [6, 6.07) is 15.6. The standard InChI is InChI=1S/C19H22ClN/c1-13-12-17(20)14(2)11-16(13)18(21-3)19(9-10-19)15-7-5-4-6-8-15/h4-8,11-12,18,21H,9-10H2,1-3H3. The SMILES string of the molecule is CNC(c1cc(C)c(Cl)cc1C)C1(c2ccccc2)CC1. The van der Waals surface area contributed by atoms with Gasteiger partial charge in [-0.25, -0.2) is 0 Å². The molecule has 0 aromatic heterocycles. The Morgan fingerprint density at radius 1 is 1.05 bits per heavy atom. The topological polar surface area (TPSA) is 12.0 Å². The molecule has 110 valence electrons. The predicted octanol–water partition coefficient (Wildman–Crippen LogP) is 4.95. The Kier molecular flexibility index (Phi) is 3.81. The number of rotatable bonds is 4. The lowest BCUT2D eigenvalue weighted by Gasteiger charge is -2.29. The van der Waals surface area contributed by atoms with Gasteiger partial charge >= 0.3 is 0 Å². The molecule has 2 heteroatoms. The number of nitrogens with one attached hydrogen (secondary N) is 1. The van der Waals surface area contributed by atoms with E-state index in [1.54, 1.807) is 0 Å². The summed E-state index contributed by atoms with van der Waals surface area (Å²) in [4.78, 5) is 0. The summed E-state index contributed by atoms with van der Waals surface area (Å²) in [5.74, 6) is 0. The van der Waals surface area contributed by atoms with E-state index in [2.05, 4.69) is 68.7 Å². The summed E-state index contributed by atoms with van der Waals surface area (Å²) in [7, 11) is 2.07. The van der Waals surface area contributed by atoms with Crippen LogP contribution >= 0.6 is 11.6 Å². The van der Waals surface area contributed by atoms with E-state index in [1.165, 1.54) is 29.5 Å². The van der Waals surface area contributed by atoms with Gasteiger partial charge in [0.1, 0.15) is 0 Å². The van der Waals surface area contributed by atoms with Crippen LogP contribution in [-0.2, 0) is 5.41 Å². The molecule has 2 aromatic rings. The van der Waals surface area contributed by atoms with Crippen molar-refractivity contribution in [2.75, 3.05) is 7.05 Å². The Hall–Kier alpha value is -1.31. The van der Waals surface area contributed by atoms with Crippen molar-refractivity contribution in [1.29, 1.82) is 0 Å². The van der Waals surface area contributed by atoms with Gasteiger partial charge in [0.15, 0.2) is 0 Å². The average molecular weight is 300 g/mol. The number of hydrogen-bond donors (Lipinski definition) is 1. The minimum atomic E-state index is 0.237. The van der Waals surface area contributed by atoms with Crippen LogP contribution in [0.5, 0.6) is 0 Å². The Balaban J connectivity index is 2.06. The van der Waals surface area contributed by atoms with Crippen molar-refractivity contribution in [3.8, 4) is 0 Å². The van der Waals surface area contributed by atoms with Crippen LogP contribution in [0.15, 0.2) is 42.5 Å². The van der Waals surface area contributed by atoms with E-state index >= 15 is 0 Å². The molecule has 0 heterocycles. The van der Waals surface area contributed by atoms with Gasteiger partial charge in [0.2, 0.25) is 0 Å². The Bertz CT molecular complexity index is 644. The van der Waals surface area contributed by atoms with E-state index < -0.39 is 0 Å². The van der Waals surface area contributed by atoms with Crippen LogP contribution in [0.2, 0.25) is 5.02 Å². The fraction of sp³-hybridized carbons (Fsp3) is 0.368. The third-order valence-corrected chi connectivity index (χ3v) is 5.24. The molecular weight excluding hydrogens is 278 g/mol. The molecule has 1 N–H and O–H groups in total. The van der Waals surface area contributed by atoms with E-state index in [9.17, 15) is 0 Å². The van der Waals surface area contributed by atoms with Gasteiger partial charge in [0.05, 0.1) is 0 Å². The molecule has 2 aromatic carbocycles. The molecule has 0 spiro atoms. The lowest BCUT2D eigenvalue weighted by atomic mass is 9.82. The second-order valence-corrected chi connectivity index (χ2v) is 6.61. The van der Waals surface area contributed by atoms with Crippen molar-refractivity contribution in [2.24, 2.45) is 0 Å². The first kappa shape index (κ1) is 14.6. The Labute approximate surface area is 132 Å². The van der Waals surface area contributed by atoms with E-state index in [4.69, 9.17) is 11.6 Å². The molecule has 1 aliphatic rings. The summed E-state index contributed by atoms with van der Waals surface area (Å²) in [5.41, 5.74) is 5.48. The molecule has 1 saturated carbocycles. The van der Waals surface area contributed by atoms with Gasteiger partial charge in [0.25, 0.3) is 0 Å². The van der Waals surface area contributed by atoms with Gasteiger partial charge in [-0.05, 0) is 62.1 Å². The van der Waals surface area contributed by atoms with Crippen molar-refractivity contribution in [3.63, 3.8) is 0 Å². The van der Waals surface area contributed by atoms with Gasteiger partial charge in [0, 0.05) is 16.5 Å². The molecule has 0 bridgehead atoms. The van der Waals surface area contributed by atoms with E-state index in [0.717, 1.165) is 10.6 Å². The number of halogens is 1. The average Bonchev–Trinajstić information content (AvgIpc) is 3.28. The van der Waals surface area contributed by atoms with Crippen molar-refractivity contribution in [3.05, 3.63) is 69.7 Å². The third-order valence-electron chi connectivity index (χ3n) is 4.84. The second kappa shape index (κ2) is 5.47. The zero-order chi connectivity index (χ0) is 15.0. The minimum absolute atomic E-state index is 0.237. The normalized spacial score (nSPS) is 17.5. The third kappa shape index (κ3) is 2.49. The number of benzene rings is 2. The highest BCUT2D eigenvalue weighted by molar-refractivity contribution is 6.31. The van der Waals surface area contributed by atoms with Crippen molar-refractivity contribution >= 4 is 11.6 Å². The first-order valence-electron chi connectivity index (χ1n) is 7.58. The maximum atomic E-state index is 6.26. The van der Waals surface area contributed by atoms with Crippen LogP contribution in [0.1, 0.15) is 41.1 Å². The van der Waals surface area contributed by atoms with Crippen molar-refractivity contribution in [1.82, 2.24) is 5.32 Å². The lowest BCUT2D eigenvalue weighted by Crippen LogP contribution is -2.30. The van der Waals surface area contributed by atoms with E-state index in [-0.39, 0.29) is 5.41 Å². The van der Waals surface area contributed by atoms with Crippen LogP contribution in [0.3, 0.4) is 0 Å². The van der Waals surface area contributed by atoms with Gasteiger partial charge in [-0.1, -0.05) is 48.0 Å². The zero-order valence-corrected chi connectivity index (χ0v) is 13.7. The van der Waals surface area contributed by atoms with Crippen molar-refractivity contribution < 1.29 is 0 Å². The number of hydrogen-bond acceptors (Lipinski definition) is 1. The van der Waals surface area contributed by atoms with Crippen LogP contribution in [0.25, 0.3) is 0 Å². The smallest absolute Gasteiger partial charge is 0.0438 e. The number of likely N-dealkylation sites (N-methyl/N-ethyl adjacent to an activating group) is 1. The molecule has 1 unspecified atom stereocenters. The summed E-state index contributed by atoms with van der Waals surface area (Å²) >= 11 is 6.26. The Morgan fingerprint density at radius 2 is 1.71 bits per heavy atom. The van der Waals surface area contributed by atoms with Crippen LogP contribution < -0.4 is 5.32 Å². The molecule has 1 atom stereocenters. The largest absolute Gasteiger partial charge is 0.312 e. The highest BCUT2D eigenvalue weighted by Crippen LogP contribution is 2.56. The zero-order valence-electron chi connectivity index (χ0n) is 12.9. The molecule has 0 amide bonds. The number of aryl methyl sites for hydroxylation is 2. The van der Waals surface area contributed by atoms with Crippen LogP contribution in [0.4, 0.5) is 0 Å². The lowest BCUT2D eigenvalue weighted by molar-refractivity contribution is 0.461. The summed E-state index contributed by atoms with van der Waals surface area (Å²) in [6.45, 7) is 4.24. The molecule has 1 fully saturated rings. The van der Waals surface area contributed by atoms with Crippen molar-refractivity contribution in [2.45, 2.75) is 38.1 Å². The Morgan fingerprint density at radius 3 is 2.29 bits per heavy atom. The first-order valence-corrected chi connectivity index (χ1v) is 7.96. The summed E-state index contributed by atoms with van der Waals surface area (Å²) in [5, 5.41) is 4.42. The van der Waals surface area contributed by atoms with Gasteiger partial charge < -0.3 is 5.32 Å². The highest BCUT2D eigenvalue weighted by atomic mass is 35.5. The molecule has 0 saturated heterocycles. The molecular formula is C19H22ClN. The van der Waals surface area contributed by atoms with E-state index in [1.807, 2.05) is 0 Å². The fourth-order valence-electron chi connectivity index (χ4n) is 3.49. The molecule has 21 heavy (non-hydrogen) atoms. The second-order valence-electron chi connectivity index (χ2n) is 6.20. The predicted molar refractivity (Wildman–Crippen MR) is 90.1 cm³/mol. The van der Waals surface area contributed by atoms with Crippen LogP contribution in [0, 0.1) is 13.8 Å². The van der Waals surface area contributed by atoms with Crippen LogP contribution in [-0.4, -0.2) is 7.05 Å². The molecule has 1 aliphatic carbocycles. The molecule has 0 radical (unpaired) electrons. The van der Waals surface area contributed by atoms with Gasteiger partial charge in [-0.2, -0.15) is 0 Å². The summed E-state index contributed by atoms with van der Waals surface area (Å²) in [6.07, 6.45) is 2.48. The molecule has 1 nitrogen and oxygen atoms in total. The molecule has 0 aliphatic heterocycles. The van der Waals surface area contributed by atoms with Gasteiger partial charge in [-0.3, -0.25) is 0 Å². The first-order chi connectivity index (χ1) is 10.1. The quantitative estimate of drug-likeness (QED) is 0.842. The summed E-state index contributed by atoms with van der Waals surface area (Å²) < 4.78 is 0. The minimum Gasteiger partial charge on any atom is -0.312 e. The fourth-order valence-corrected chi connectivity index (χ4v) is 3.71.